The van der Waals surface area contributed by atoms with Gasteiger partial charge in [-0.25, -0.2) is 9.59 Å². The van der Waals surface area contributed by atoms with Crippen LogP contribution in [-0.2, 0) is 30.1 Å². The minimum Gasteiger partial charge on any atom is -0.497 e. The van der Waals surface area contributed by atoms with E-state index in [1.807, 2.05) is 32.1 Å². The van der Waals surface area contributed by atoms with Crippen molar-refractivity contribution >= 4 is 11.9 Å². The Balaban J connectivity index is 1.65. The van der Waals surface area contributed by atoms with Gasteiger partial charge in [-0.15, -0.1) is 0 Å². The molecule has 9 heteroatoms. The molecule has 2 aliphatic heterocycles. The smallest absolute Gasteiger partial charge is 0.342 e. The normalized spacial score (nSPS) is 25.5. The van der Waals surface area contributed by atoms with E-state index in [2.05, 4.69) is 0 Å². The minimum atomic E-state index is -0.858. The van der Waals surface area contributed by atoms with E-state index in [4.69, 9.17) is 33.2 Å². The van der Waals surface area contributed by atoms with Crippen LogP contribution in [0, 0.1) is 0 Å². The van der Waals surface area contributed by atoms with E-state index < -0.39 is 36.0 Å². The summed E-state index contributed by atoms with van der Waals surface area (Å²) in [5, 5.41) is 0. The number of hydrogen-bond donors (Lipinski definition) is 0. The van der Waals surface area contributed by atoms with Gasteiger partial charge < -0.3 is 33.2 Å². The molecule has 3 unspecified atom stereocenters. The number of rotatable bonds is 6. The second kappa shape index (κ2) is 13.3. The van der Waals surface area contributed by atoms with E-state index in [9.17, 15) is 9.59 Å². The van der Waals surface area contributed by atoms with Crippen molar-refractivity contribution in [1.82, 2.24) is 0 Å². The Labute approximate surface area is 235 Å². The summed E-state index contributed by atoms with van der Waals surface area (Å²) < 4.78 is 40.6. The van der Waals surface area contributed by atoms with Crippen LogP contribution in [0.2, 0.25) is 0 Å². The summed E-state index contributed by atoms with van der Waals surface area (Å²) in [5.41, 5.74) is 1.53. The number of esters is 2. The molecule has 2 aliphatic rings. The largest absolute Gasteiger partial charge is 0.497 e. The van der Waals surface area contributed by atoms with Gasteiger partial charge in [0.25, 0.3) is 0 Å². The summed E-state index contributed by atoms with van der Waals surface area (Å²) >= 11 is 0. The second-order valence-electron chi connectivity index (χ2n) is 10.4. The zero-order chi connectivity index (χ0) is 28.7. The molecule has 0 aliphatic carbocycles. The molecule has 0 spiro atoms. The van der Waals surface area contributed by atoms with Gasteiger partial charge in [0.05, 0.1) is 18.8 Å². The lowest BCUT2D eigenvalue weighted by Crippen LogP contribution is -2.38. The number of methoxy groups -OCH3 is 2. The Kier molecular flexibility index (Phi) is 9.84. The van der Waals surface area contributed by atoms with Crippen LogP contribution in [0.4, 0.5) is 0 Å². The van der Waals surface area contributed by atoms with Gasteiger partial charge in [0, 0.05) is 19.6 Å². The fourth-order valence-electron chi connectivity index (χ4n) is 4.96. The third kappa shape index (κ3) is 7.41. The molecule has 4 rings (SSSR count). The van der Waals surface area contributed by atoms with Crippen molar-refractivity contribution in [2.75, 3.05) is 21.0 Å². The molecular formula is C31H38O9. The van der Waals surface area contributed by atoms with Crippen molar-refractivity contribution in [3.63, 3.8) is 0 Å². The quantitative estimate of drug-likeness (QED) is 0.269. The third-order valence-corrected chi connectivity index (χ3v) is 6.76. The molecule has 4 atom stereocenters. The number of ether oxygens (including phenoxy) is 7. The van der Waals surface area contributed by atoms with E-state index in [-0.39, 0.29) is 12.9 Å². The third-order valence-electron chi connectivity index (χ3n) is 6.76. The average Bonchev–Trinajstić information content (AvgIpc) is 3.24. The number of fused-ring (bicyclic) bond motifs is 2. The maximum absolute atomic E-state index is 13.4. The van der Waals surface area contributed by atoms with Crippen LogP contribution in [0.5, 0.6) is 11.5 Å². The summed E-state index contributed by atoms with van der Waals surface area (Å²) in [4.78, 5) is 26.4. The standard InChI is InChI=1S/C31H38O9/c1-20-11-9-15-24(38-29(32)21-12-7-6-8-13-21)28-25(39-31(2,3)40-28)16-10-14-22-17-23(35-5)18-26(36-19-34-4)27(22)30(33)37-20/h6-9,12-13,15,17-18,20,24-25,28H,10-11,14,16,19H2,1-5H3/b15-9-/t20?,24?,25-,28?/m0/s1. The molecule has 2 aromatic carbocycles. The lowest BCUT2D eigenvalue weighted by molar-refractivity contribution is -0.153. The average molecular weight is 555 g/mol. The van der Waals surface area contributed by atoms with Crippen LogP contribution in [0.1, 0.15) is 66.3 Å². The second-order valence-corrected chi connectivity index (χ2v) is 10.4. The summed E-state index contributed by atoms with van der Waals surface area (Å²) in [5.74, 6) is -0.908. The fraction of sp³-hybridized carbons (Fsp3) is 0.484. The molecular weight excluding hydrogens is 516 g/mol. The molecule has 0 saturated carbocycles. The summed E-state index contributed by atoms with van der Waals surface area (Å²) in [6.45, 7) is 5.47. The van der Waals surface area contributed by atoms with E-state index >= 15 is 0 Å². The van der Waals surface area contributed by atoms with Gasteiger partial charge in [0.1, 0.15) is 35.4 Å². The van der Waals surface area contributed by atoms with Crippen molar-refractivity contribution in [3.8, 4) is 11.5 Å². The Morgan fingerprint density at radius 3 is 2.60 bits per heavy atom. The van der Waals surface area contributed by atoms with E-state index in [1.165, 1.54) is 7.11 Å². The Morgan fingerprint density at radius 2 is 1.88 bits per heavy atom. The zero-order valence-electron chi connectivity index (χ0n) is 23.7. The SMILES string of the molecule is COCOc1cc(OC)cc2c1C(=O)OC(C)C/C=C\C(OC(=O)c1ccccc1)C1OC(C)(C)O[C@H]1CCC2. The first-order valence-electron chi connectivity index (χ1n) is 13.5. The van der Waals surface area contributed by atoms with Gasteiger partial charge >= 0.3 is 11.9 Å². The van der Waals surface area contributed by atoms with Gasteiger partial charge in [-0.2, -0.15) is 0 Å². The highest BCUT2D eigenvalue weighted by molar-refractivity contribution is 5.94. The molecule has 0 bridgehead atoms. The lowest BCUT2D eigenvalue weighted by atomic mass is 9.96. The maximum Gasteiger partial charge on any atom is 0.342 e. The number of cyclic esters (lactones) is 1. The maximum atomic E-state index is 13.4. The van der Waals surface area contributed by atoms with Gasteiger partial charge in [0.2, 0.25) is 0 Å². The monoisotopic (exact) mass is 554 g/mol. The molecule has 40 heavy (non-hydrogen) atoms. The van der Waals surface area contributed by atoms with Crippen LogP contribution in [-0.4, -0.2) is 63.2 Å². The fourth-order valence-corrected chi connectivity index (χ4v) is 4.96. The van der Waals surface area contributed by atoms with Gasteiger partial charge in [-0.1, -0.05) is 24.3 Å². The van der Waals surface area contributed by atoms with Gasteiger partial charge in [0.15, 0.2) is 12.6 Å². The molecule has 9 nitrogen and oxygen atoms in total. The van der Waals surface area contributed by atoms with Crippen molar-refractivity contribution in [3.05, 3.63) is 71.3 Å². The van der Waals surface area contributed by atoms with Crippen molar-refractivity contribution in [1.29, 1.82) is 0 Å². The molecule has 0 radical (unpaired) electrons. The van der Waals surface area contributed by atoms with Crippen molar-refractivity contribution in [2.24, 2.45) is 0 Å². The summed E-state index contributed by atoms with van der Waals surface area (Å²) in [6, 6.07) is 12.3. The first-order valence-corrected chi connectivity index (χ1v) is 13.5. The topological polar surface area (TPSA) is 98.8 Å². The van der Waals surface area contributed by atoms with Crippen LogP contribution < -0.4 is 9.47 Å². The molecule has 1 fully saturated rings. The molecule has 2 heterocycles. The number of benzene rings is 2. The van der Waals surface area contributed by atoms with E-state index in [0.717, 1.165) is 5.56 Å². The number of hydrogen-bond acceptors (Lipinski definition) is 9. The molecule has 0 N–H and O–H groups in total. The summed E-state index contributed by atoms with van der Waals surface area (Å²) in [6.07, 6.45) is 3.77. The van der Waals surface area contributed by atoms with Gasteiger partial charge in [-0.3, -0.25) is 0 Å². The molecule has 2 aromatic rings. The highest BCUT2D eigenvalue weighted by Crippen LogP contribution is 2.36. The van der Waals surface area contributed by atoms with Crippen LogP contribution in [0.15, 0.2) is 54.6 Å². The minimum absolute atomic E-state index is 0.0295. The zero-order valence-corrected chi connectivity index (χ0v) is 23.7. The first kappa shape index (κ1) is 29.6. The predicted molar refractivity (Wildman–Crippen MR) is 147 cm³/mol. The number of aryl methyl sites for hydroxylation is 1. The molecule has 0 amide bonds. The predicted octanol–water partition coefficient (Wildman–Crippen LogP) is 5.25. The highest BCUT2D eigenvalue weighted by Gasteiger charge is 2.45. The Bertz CT molecular complexity index is 1190. The lowest BCUT2D eigenvalue weighted by Gasteiger charge is -2.25. The van der Waals surface area contributed by atoms with Crippen molar-refractivity contribution < 1.29 is 42.7 Å². The van der Waals surface area contributed by atoms with Gasteiger partial charge in [-0.05, 0) is 69.9 Å². The number of carbonyl (C=O) groups excluding carboxylic acids is 2. The molecule has 216 valence electrons. The van der Waals surface area contributed by atoms with Crippen LogP contribution in [0.25, 0.3) is 0 Å². The first-order chi connectivity index (χ1) is 19.2. The Morgan fingerprint density at radius 1 is 1.10 bits per heavy atom. The van der Waals surface area contributed by atoms with E-state index in [1.54, 1.807) is 50.4 Å². The van der Waals surface area contributed by atoms with Crippen molar-refractivity contribution in [2.45, 2.75) is 76.7 Å². The van der Waals surface area contributed by atoms with Crippen LogP contribution in [0.3, 0.4) is 0 Å². The Hall–Kier alpha value is -3.40. The van der Waals surface area contributed by atoms with E-state index in [0.29, 0.717) is 48.3 Å². The van der Waals surface area contributed by atoms with Crippen LogP contribution >= 0.6 is 0 Å². The molecule has 1 saturated heterocycles. The summed E-state index contributed by atoms with van der Waals surface area (Å²) in [7, 11) is 3.07. The highest BCUT2D eigenvalue weighted by atomic mass is 16.8. The number of carbonyl (C=O) groups is 2. The molecule has 0 aromatic heterocycles.